The highest BCUT2D eigenvalue weighted by molar-refractivity contribution is 9.10. The summed E-state index contributed by atoms with van der Waals surface area (Å²) < 4.78 is 13.1. The number of carbonyl (C=O) groups is 2. The molecule has 1 aliphatic rings. The quantitative estimate of drug-likeness (QED) is 0.157. The number of hydrogen-bond acceptors (Lipinski definition) is 5. The van der Waals surface area contributed by atoms with E-state index in [1.54, 1.807) is 41.5 Å². The van der Waals surface area contributed by atoms with Crippen molar-refractivity contribution < 1.29 is 19.1 Å². The predicted molar refractivity (Wildman–Crippen MR) is 158 cm³/mol. The Morgan fingerprint density at radius 3 is 2.62 bits per heavy atom. The Labute approximate surface area is 241 Å². The number of amides is 2. The van der Waals surface area contributed by atoms with E-state index in [-0.39, 0.29) is 24.8 Å². The number of allylic oxidation sites excluding steroid dienone is 1. The minimum atomic E-state index is -0.505. The monoisotopic (exact) mass is 609 g/mol. The van der Waals surface area contributed by atoms with Crippen LogP contribution in [0.4, 0.5) is 5.69 Å². The van der Waals surface area contributed by atoms with Crippen molar-refractivity contribution in [3.05, 3.63) is 99.5 Å². The van der Waals surface area contributed by atoms with Gasteiger partial charge in [0.1, 0.15) is 6.61 Å². The van der Waals surface area contributed by atoms with Crippen LogP contribution in [0, 0.1) is 5.92 Å². The van der Waals surface area contributed by atoms with Gasteiger partial charge in [-0.1, -0.05) is 45.7 Å². The molecule has 1 fully saturated rings. The Hall–Kier alpha value is -3.62. The fourth-order valence-corrected chi connectivity index (χ4v) is 4.63. The number of carbonyl (C=O) groups excluding carboxylic acids is 2. The lowest BCUT2D eigenvalue weighted by atomic mass is 10.1. The zero-order valence-corrected chi connectivity index (χ0v) is 23.9. The molecule has 3 aromatic carbocycles. The lowest BCUT2D eigenvalue weighted by molar-refractivity contribution is -0.126. The molecule has 0 saturated carbocycles. The molecule has 0 spiro atoms. The zero-order chi connectivity index (χ0) is 27.8. The molecule has 202 valence electrons. The van der Waals surface area contributed by atoms with Crippen LogP contribution in [0.3, 0.4) is 0 Å². The SMILES string of the molecule is C=CCc1cc(/C=N\NC(=O)[C@@H]2CC(=O)N(c3ccc(Cl)cc3)C2)cc(OCC)c1OCc1ccc(Br)cc1. The smallest absolute Gasteiger partial charge is 0.245 e. The van der Waals surface area contributed by atoms with Crippen molar-refractivity contribution in [1.82, 2.24) is 5.43 Å². The van der Waals surface area contributed by atoms with Gasteiger partial charge in [0.15, 0.2) is 11.5 Å². The number of nitrogens with zero attached hydrogens (tertiary/aromatic N) is 2. The number of hydrazone groups is 1. The van der Waals surface area contributed by atoms with Crippen LogP contribution in [-0.4, -0.2) is 31.2 Å². The van der Waals surface area contributed by atoms with Crippen molar-refractivity contribution in [1.29, 1.82) is 0 Å². The number of halogens is 2. The minimum Gasteiger partial charge on any atom is -0.490 e. The maximum Gasteiger partial charge on any atom is 0.245 e. The number of anilines is 1. The molecular weight excluding hydrogens is 582 g/mol. The molecule has 4 rings (SSSR count). The Kier molecular flexibility index (Phi) is 9.79. The highest BCUT2D eigenvalue weighted by Crippen LogP contribution is 2.34. The fraction of sp³-hybridized carbons (Fsp3) is 0.233. The number of ether oxygens (including phenoxy) is 2. The Balaban J connectivity index is 1.44. The maximum absolute atomic E-state index is 12.8. The largest absolute Gasteiger partial charge is 0.490 e. The Bertz CT molecular complexity index is 1360. The highest BCUT2D eigenvalue weighted by Gasteiger charge is 2.35. The topological polar surface area (TPSA) is 80.2 Å². The third-order valence-corrected chi connectivity index (χ3v) is 6.92. The first kappa shape index (κ1) is 28.4. The summed E-state index contributed by atoms with van der Waals surface area (Å²) >= 11 is 9.39. The van der Waals surface area contributed by atoms with Gasteiger partial charge in [0.2, 0.25) is 11.8 Å². The van der Waals surface area contributed by atoms with Gasteiger partial charge in [-0.2, -0.15) is 5.10 Å². The molecule has 1 heterocycles. The van der Waals surface area contributed by atoms with Crippen LogP contribution in [0.15, 0.2) is 82.9 Å². The second kappa shape index (κ2) is 13.4. The normalized spacial score (nSPS) is 15.0. The molecule has 39 heavy (non-hydrogen) atoms. The summed E-state index contributed by atoms with van der Waals surface area (Å²) in [5.74, 6) is 0.293. The number of nitrogens with one attached hydrogen (secondary N) is 1. The van der Waals surface area contributed by atoms with E-state index in [0.717, 1.165) is 21.2 Å². The second-order valence-electron chi connectivity index (χ2n) is 8.96. The summed E-state index contributed by atoms with van der Waals surface area (Å²) in [6.07, 6.45) is 4.03. The lowest BCUT2D eigenvalue weighted by Gasteiger charge is -2.17. The van der Waals surface area contributed by atoms with E-state index in [1.165, 1.54) is 0 Å². The van der Waals surface area contributed by atoms with E-state index < -0.39 is 5.92 Å². The maximum atomic E-state index is 12.8. The average molecular weight is 611 g/mol. The van der Waals surface area contributed by atoms with Gasteiger partial charge in [-0.25, -0.2) is 5.43 Å². The standard InChI is InChI=1S/C30H29BrClN3O4/c1-3-5-22-14-21(15-27(38-4-2)29(22)39-19-20-6-8-24(31)9-7-20)17-33-34-30(37)23-16-28(36)35(18-23)26-12-10-25(32)11-13-26/h3,6-15,17,23H,1,4-5,16,18-19H2,2H3,(H,34,37)/b33-17-/t23-/m1/s1. The molecule has 1 saturated heterocycles. The molecule has 1 atom stereocenters. The first-order chi connectivity index (χ1) is 18.9. The number of rotatable bonds is 11. The first-order valence-electron chi connectivity index (χ1n) is 12.5. The molecule has 0 bridgehead atoms. The average Bonchev–Trinajstić information content (AvgIpc) is 3.31. The van der Waals surface area contributed by atoms with Crippen molar-refractivity contribution in [3.8, 4) is 11.5 Å². The third kappa shape index (κ3) is 7.49. The van der Waals surface area contributed by atoms with Gasteiger partial charge in [0.25, 0.3) is 0 Å². The zero-order valence-electron chi connectivity index (χ0n) is 21.5. The summed E-state index contributed by atoms with van der Waals surface area (Å²) in [6.45, 7) is 6.90. The van der Waals surface area contributed by atoms with Crippen molar-refractivity contribution in [2.75, 3.05) is 18.1 Å². The van der Waals surface area contributed by atoms with Crippen LogP contribution in [0.5, 0.6) is 11.5 Å². The lowest BCUT2D eigenvalue weighted by Crippen LogP contribution is -2.30. The second-order valence-corrected chi connectivity index (χ2v) is 10.3. The molecule has 3 aromatic rings. The third-order valence-electron chi connectivity index (χ3n) is 6.14. The molecule has 0 aromatic heterocycles. The van der Waals surface area contributed by atoms with Gasteiger partial charge in [-0.05, 0) is 73.0 Å². The Morgan fingerprint density at radius 1 is 1.18 bits per heavy atom. The van der Waals surface area contributed by atoms with E-state index in [4.69, 9.17) is 21.1 Å². The van der Waals surface area contributed by atoms with E-state index in [9.17, 15) is 9.59 Å². The molecule has 7 nitrogen and oxygen atoms in total. The summed E-state index contributed by atoms with van der Waals surface area (Å²) in [6, 6.07) is 18.6. The van der Waals surface area contributed by atoms with Crippen molar-refractivity contribution in [3.63, 3.8) is 0 Å². The van der Waals surface area contributed by atoms with E-state index >= 15 is 0 Å². The summed E-state index contributed by atoms with van der Waals surface area (Å²) in [5, 5.41) is 4.74. The van der Waals surface area contributed by atoms with Crippen molar-refractivity contribution in [2.45, 2.75) is 26.4 Å². The van der Waals surface area contributed by atoms with Crippen LogP contribution in [0.2, 0.25) is 5.02 Å². The molecule has 0 unspecified atom stereocenters. The van der Waals surface area contributed by atoms with Crippen LogP contribution in [0.1, 0.15) is 30.0 Å². The molecule has 1 aliphatic heterocycles. The van der Waals surface area contributed by atoms with Gasteiger partial charge in [-0.15, -0.1) is 6.58 Å². The minimum absolute atomic E-state index is 0.115. The van der Waals surface area contributed by atoms with Gasteiger partial charge >= 0.3 is 0 Å². The number of hydrogen-bond donors (Lipinski definition) is 1. The van der Waals surface area contributed by atoms with Crippen LogP contribution in [0.25, 0.3) is 0 Å². The van der Waals surface area contributed by atoms with Crippen LogP contribution < -0.4 is 19.8 Å². The van der Waals surface area contributed by atoms with Gasteiger partial charge in [-0.3, -0.25) is 9.59 Å². The molecule has 1 N–H and O–H groups in total. The van der Waals surface area contributed by atoms with Crippen LogP contribution in [-0.2, 0) is 22.6 Å². The van der Waals surface area contributed by atoms with E-state index in [1.807, 2.05) is 43.3 Å². The first-order valence-corrected chi connectivity index (χ1v) is 13.7. The van der Waals surface area contributed by atoms with Crippen LogP contribution >= 0.6 is 27.5 Å². The summed E-state index contributed by atoms with van der Waals surface area (Å²) in [5.41, 5.74) is 5.94. The molecule has 9 heteroatoms. The highest BCUT2D eigenvalue weighted by atomic mass is 79.9. The molecule has 2 amide bonds. The summed E-state index contributed by atoms with van der Waals surface area (Å²) in [4.78, 5) is 26.8. The molecule has 0 radical (unpaired) electrons. The van der Waals surface area contributed by atoms with Gasteiger partial charge in [0.05, 0.1) is 18.7 Å². The predicted octanol–water partition coefficient (Wildman–Crippen LogP) is 6.31. The van der Waals surface area contributed by atoms with Crippen molar-refractivity contribution >= 4 is 51.2 Å². The number of benzene rings is 3. The van der Waals surface area contributed by atoms with E-state index in [2.05, 4.69) is 33.0 Å². The van der Waals surface area contributed by atoms with Gasteiger partial charge < -0.3 is 14.4 Å². The summed E-state index contributed by atoms with van der Waals surface area (Å²) in [7, 11) is 0. The molecular formula is C30H29BrClN3O4. The fourth-order valence-electron chi connectivity index (χ4n) is 4.24. The van der Waals surface area contributed by atoms with Gasteiger partial charge in [0, 0.05) is 33.7 Å². The van der Waals surface area contributed by atoms with E-state index in [0.29, 0.717) is 41.8 Å². The molecule has 0 aliphatic carbocycles. The Morgan fingerprint density at radius 2 is 1.92 bits per heavy atom. The van der Waals surface area contributed by atoms with Crippen molar-refractivity contribution in [2.24, 2.45) is 11.0 Å².